The third kappa shape index (κ3) is 19.4. The molecule has 0 radical (unpaired) electrons. The number of likely N-dealkylation sites (N-methyl/N-ethyl adjacent to an activating group) is 2. The van der Waals surface area contributed by atoms with Crippen LogP contribution in [0.5, 0.6) is 11.5 Å². The Labute approximate surface area is 586 Å². The van der Waals surface area contributed by atoms with Gasteiger partial charge < -0.3 is 78.2 Å². The smallest absolute Gasteiger partial charge is 0.374 e. The van der Waals surface area contributed by atoms with E-state index in [1.165, 1.54) is 36.4 Å². The number of halogens is 2. The lowest BCUT2D eigenvalue weighted by atomic mass is 9.92. The third-order valence-electron chi connectivity index (χ3n) is 18.4. The molecule has 4 aliphatic rings. The van der Waals surface area contributed by atoms with E-state index in [0.717, 1.165) is 74.4 Å². The lowest BCUT2D eigenvalue weighted by Gasteiger charge is -2.45. The van der Waals surface area contributed by atoms with Gasteiger partial charge in [-0.15, -0.1) is 46.7 Å². The highest BCUT2D eigenvalue weighted by atomic mass is 35.5. The molecule has 18 atom stereocenters. The molecular formula is C68H92Cl2N4O22S2. The van der Waals surface area contributed by atoms with Gasteiger partial charge in [-0.05, 0) is 115 Å². The maximum absolute atomic E-state index is 14.1. The summed E-state index contributed by atoms with van der Waals surface area (Å²) in [5, 5.41) is 59.5. The molecule has 7 N–H and O–H groups in total. The number of rotatable bonds is 33. The molecule has 98 heavy (non-hydrogen) atoms. The first kappa shape index (κ1) is 78.0. The van der Waals surface area contributed by atoms with Crippen LogP contribution in [0.4, 0.5) is 0 Å². The topological polar surface area (TPSA) is 359 Å². The Kier molecular flexibility index (Phi) is 28.8. The Balaban J connectivity index is 0.970. The van der Waals surface area contributed by atoms with Crippen LogP contribution in [-0.2, 0) is 42.9 Å². The molecule has 0 bridgehead atoms. The summed E-state index contributed by atoms with van der Waals surface area (Å²) in [6.45, 7) is 7.93. The molecule has 0 saturated carbocycles. The second-order valence-electron chi connectivity index (χ2n) is 25.8. The fourth-order valence-electron chi connectivity index (χ4n) is 13.4. The number of hydrogen-bond donors (Lipinski definition) is 7. The first-order valence-electron chi connectivity index (χ1n) is 33.4. The van der Waals surface area contributed by atoms with Gasteiger partial charge >= 0.3 is 23.9 Å². The highest BCUT2D eigenvalue weighted by molar-refractivity contribution is 7.99. The number of esters is 3. The fraction of sp³-hybridized carbons (Fsp3) is 0.647. The molecule has 30 heteroatoms. The largest absolute Gasteiger partial charge is 0.489 e. The van der Waals surface area contributed by atoms with E-state index >= 15 is 0 Å². The van der Waals surface area contributed by atoms with Gasteiger partial charge in [0.05, 0.1) is 34.9 Å². The number of alkyl halides is 2. The summed E-state index contributed by atoms with van der Waals surface area (Å²) in [7, 11) is 3.73. The molecule has 6 heterocycles. The van der Waals surface area contributed by atoms with Gasteiger partial charge in [-0.1, -0.05) is 58.1 Å². The van der Waals surface area contributed by atoms with Crippen LogP contribution in [0.25, 0.3) is 21.9 Å². The van der Waals surface area contributed by atoms with E-state index in [0.29, 0.717) is 56.8 Å². The Morgan fingerprint density at radius 3 is 1.42 bits per heavy atom. The van der Waals surface area contributed by atoms with Crippen molar-refractivity contribution >= 4 is 104 Å². The van der Waals surface area contributed by atoms with E-state index in [-0.39, 0.29) is 58.1 Å². The monoisotopic (exact) mass is 1450 g/mol. The fourth-order valence-corrected chi connectivity index (χ4v) is 15.2. The third-order valence-corrected chi connectivity index (χ3v) is 20.7. The van der Waals surface area contributed by atoms with E-state index < -0.39 is 160 Å². The Bertz CT molecular complexity index is 3310. The molecule has 4 fully saturated rings. The van der Waals surface area contributed by atoms with E-state index in [9.17, 15) is 58.8 Å². The number of fused-ring (bicyclic) bond motifs is 2. The number of ether oxygens (including phenoxy) is 7. The number of aliphatic hydroxyl groups is 4. The summed E-state index contributed by atoms with van der Waals surface area (Å²) in [5.41, 5.74) is -4.00. The van der Waals surface area contributed by atoms with Gasteiger partial charge in [0.25, 0.3) is 0 Å². The molecule has 4 aromatic rings. The Morgan fingerprint density at radius 2 is 1.03 bits per heavy atom. The molecule has 18 unspecified atom stereocenters. The van der Waals surface area contributed by atoms with Crippen LogP contribution in [0.3, 0.4) is 0 Å². The van der Waals surface area contributed by atoms with Crippen LogP contribution in [0, 0.1) is 11.8 Å². The van der Waals surface area contributed by atoms with Crippen molar-refractivity contribution in [1.82, 2.24) is 20.4 Å². The summed E-state index contributed by atoms with van der Waals surface area (Å²) < 4.78 is 53.9. The molecule has 542 valence electrons. The Hall–Kier alpha value is -5.76. The van der Waals surface area contributed by atoms with Crippen LogP contribution in [-0.4, -0.2) is 225 Å². The number of carboxylic acid groups (broad SMARTS) is 1. The van der Waals surface area contributed by atoms with Crippen molar-refractivity contribution in [3.05, 3.63) is 80.5 Å². The van der Waals surface area contributed by atoms with Gasteiger partial charge in [0.2, 0.25) is 23.3 Å². The number of unbranched alkanes of at least 4 members (excludes halogenated alkanes) is 4. The standard InChI is InChI=1S/C68H92Cl2N4O22S2/c1-9-18-36-26-39(73(5)30-36)63(84)71-53(34(3)69)59-55(80)61(57(82)67(95-59)97-7)93-65(86)47-28-41(75)51-43(20-16-22-45(51)91-47)88-32-38(90-50(79)25-15-13-11-12-14-24-49(77)78)33-89-44-21-17-23-46-52(44)42(76)29-48(92-46)66(87)94-62-56(81)60(96-68(98-8)58(62)83)54(35(4)70)72-64(85)40-27-37(19-10-2)31-74(40)6/h16-17,20-23,28-29,34-40,53-62,67-68,80-83H,9-15,18-19,24-27,30-33H2,1-8H3,(H,71,84)(H,72,85)(H,77,78). The number of amides is 2. The first-order chi connectivity index (χ1) is 46.8. The van der Waals surface area contributed by atoms with E-state index in [4.69, 9.17) is 70.3 Å². The number of likely N-dealkylation sites (tertiary alicyclic amines) is 2. The first-order valence-corrected chi connectivity index (χ1v) is 36.8. The maximum Gasteiger partial charge on any atom is 0.374 e. The average molecular weight is 1450 g/mol. The number of aliphatic carboxylic acids is 1. The van der Waals surface area contributed by atoms with Crippen molar-refractivity contribution in [2.75, 3.05) is 52.9 Å². The van der Waals surface area contributed by atoms with Gasteiger partial charge in [-0.2, -0.15) is 0 Å². The number of aliphatic hydroxyl groups excluding tert-OH is 4. The average Bonchev–Trinajstić information content (AvgIpc) is 0.994. The predicted octanol–water partition coefficient (Wildman–Crippen LogP) is 6.22. The molecule has 0 aliphatic carbocycles. The molecule has 2 amide bonds. The number of thioether (sulfide) groups is 2. The summed E-state index contributed by atoms with van der Waals surface area (Å²) in [5.74, 6) is -5.39. The van der Waals surface area contributed by atoms with Crippen LogP contribution < -0.4 is 31.0 Å². The van der Waals surface area contributed by atoms with Crippen molar-refractivity contribution in [2.45, 2.75) is 212 Å². The number of hydrogen-bond acceptors (Lipinski definition) is 25. The zero-order chi connectivity index (χ0) is 71.2. The van der Waals surface area contributed by atoms with Crippen molar-refractivity contribution in [1.29, 1.82) is 0 Å². The van der Waals surface area contributed by atoms with Crippen molar-refractivity contribution in [2.24, 2.45) is 11.8 Å². The number of nitrogens with zero attached hydrogens (tertiary/aromatic N) is 2. The second-order valence-corrected chi connectivity index (χ2v) is 29.1. The van der Waals surface area contributed by atoms with E-state index in [1.807, 2.05) is 23.9 Å². The summed E-state index contributed by atoms with van der Waals surface area (Å²) in [6.07, 6.45) is -2.66. The lowest BCUT2D eigenvalue weighted by molar-refractivity contribution is -0.206. The van der Waals surface area contributed by atoms with Crippen LogP contribution in [0.2, 0.25) is 0 Å². The lowest BCUT2D eigenvalue weighted by Crippen LogP contribution is -2.65. The normalized spacial score (nSPS) is 27.5. The van der Waals surface area contributed by atoms with Gasteiger partial charge in [-0.25, -0.2) is 9.59 Å². The molecule has 2 aromatic carbocycles. The van der Waals surface area contributed by atoms with Crippen molar-refractivity contribution in [3.8, 4) is 11.5 Å². The molecule has 4 aliphatic heterocycles. The molecular weight excluding hydrogens is 1360 g/mol. The van der Waals surface area contributed by atoms with Gasteiger partial charge in [0.1, 0.15) is 94.1 Å². The minimum absolute atomic E-state index is 0.0238. The zero-order valence-electron chi connectivity index (χ0n) is 56.3. The number of carboxylic acids is 1. The summed E-state index contributed by atoms with van der Waals surface area (Å²) in [4.78, 5) is 112. The summed E-state index contributed by atoms with van der Waals surface area (Å²) in [6, 6.07) is 7.29. The number of nitrogens with one attached hydrogen (secondary N) is 2. The van der Waals surface area contributed by atoms with Gasteiger partial charge in [-0.3, -0.25) is 38.6 Å². The van der Waals surface area contributed by atoms with Gasteiger partial charge in [0.15, 0.2) is 29.2 Å². The number of benzene rings is 2. The highest BCUT2D eigenvalue weighted by Gasteiger charge is 2.53. The number of carbonyl (C=O) groups excluding carboxylic acids is 5. The van der Waals surface area contributed by atoms with Crippen molar-refractivity contribution < 1.29 is 96.3 Å². The molecule has 26 nitrogen and oxygen atoms in total. The molecule has 2 aromatic heterocycles. The second kappa shape index (κ2) is 36.2. The Morgan fingerprint density at radius 1 is 0.622 bits per heavy atom. The van der Waals surface area contributed by atoms with E-state index in [2.05, 4.69) is 24.5 Å². The summed E-state index contributed by atoms with van der Waals surface area (Å²) >= 11 is 15.5. The van der Waals surface area contributed by atoms with Crippen molar-refractivity contribution in [3.63, 3.8) is 0 Å². The van der Waals surface area contributed by atoms with E-state index in [1.54, 1.807) is 26.4 Å². The molecule has 0 spiro atoms. The quantitative estimate of drug-likeness (QED) is 0.0120. The van der Waals surface area contributed by atoms with Crippen LogP contribution in [0.15, 0.2) is 67.0 Å². The molecule has 4 saturated heterocycles. The van der Waals surface area contributed by atoms with Crippen LogP contribution in [0.1, 0.15) is 132 Å². The zero-order valence-corrected chi connectivity index (χ0v) is 59.4. The number of carbonyl (C=O) groups is 6. The molecule has 8 rings (SSSR count). The maximum atomic E-state index is 14.1. The van der Waals surface area contributed by atoms with Gasteiger partial charge in [0, 0.05) is 38.1 Å². The minimum Gasteiger partial charge on any atom is -0.489 e. The predicted molar refractivity (Wildman–Crippen MR) is 366 cm³/mol. The minimum atomic E-state index is -1.74. The highest BCUT2D eigenvalue weighted by Crippen LogP contribution is 2.37. The van der Waals surface area contributed by atoms with Crippen LogP contribution >= 0.6 is 46.7 Å². The SMILES string of the molecule is CCCC1CC(C(=O)NC(C(C)Cl)C2OC(SC)C(O)C(OC(=O)c3cc(=O)c4c(OCC(COc5cccc6oc(C(=O)OC7C(O)C(SC)OC(C(NC(=O)C8CC(CCC)CN8C)C(C)Cl)C7O)cc(=O)c56)OC(=O)CCCCCCCC(=O)O)cccc4o3)C2O)N(C)C1.